The van der Waals surface area contributed by atoms with Crippen molar-refractivity contribution in [3.05, 3.63) is 64.6 Å². The number of hydrogen-bond acceptors (Lipinski definition) is 5. The lowest BCUT2D eigenvalue weighted by Gasteiger charge is -2.36. The summed E-state index contributed by atoms with van der Waals surface area (Å²) in [6.07, 6.45) is 1.47. The molecule has 7 heteroatoms. The minimum atomic E-state index is -3.43. The first-order valence-electron chi connectivity index (χ1n) is 8.68. The van der Waals surface area contributed by atoms with E-state index in [2.05, 4.69) is 4.98 Å². The standard InChI is InChI=1S/C20H20N2O3S2/c1-14-6-8-16(9-7-14)10-11-27(23,24)22-12-17(13-22)25-20-21-19-15(2)4-3-5-18(19)26-20/h3-11,17H,12-13H2,1-2H3/b11-10+. The molecule has 1 aliphatic heterocycles. The molecule has 2 aromatic carbocycles. The molecule has 0 amide bonds. The fraction of sp³-hybridized carbons (Fsp3) is 0.250. The second-order valence-electron chi connectivity index (χ2n) is 6.72. The lowest BCUT2D eigenvalue weighted by Crippen LogP contribution is -2.55. The van der Waals surface area contributed by atoms with Crippen molar-refractivity contribution >= 4 is 37.7 Å². The Kier molecular flexibility index (Phi) is 4.75. The van der Waals surface area contributed by atoms with Gasteiger partial charge in [0.2, 0.25) is 10.0 Å². The number of sulfonamides is 1. The predicted octanol–water partition coefficient (Wildman–Crippen LogP) is 3.98. The molecular formula is C20H20N2O3S2. The average Bonchev–Trinajstić information content (AvgIpc) is 3.01. The van der Waals surface area contributed by atoms with E-state index in [0.29, 0.717) is 18.3 Å². The Balaban J connectivity index is 1.37. The van der Waals surface area contributed by atoms with Crippen molar-refractivity contribution in [3.63, 3.8) is 0 Å². The Morgan fingerprint density at radius 3 is 2.59 bits per heavy atom. The van der Waals surface area contributed by atoms with Gasteiger partial charge < -0.3 is 4.74 Å². The van der Waals surface area contributed by atoms with Crippen molar-refractivity contribution < 1.29 is 13.2 Å². The normalized spacial score (nSPS) is 16.1. The first kappa shape index (κ1) is 18.2. The van der Waals surface area contributed by atoms with E-state index < -0.39 is 10.0 Å². The summed E-state index contributed by atoms with van der Waals surface area (Å²) in [6.45, 7) is 4.70. The fourth-order valence-electron chi connectivity index (χ4n) is 2.87. The SMILES string of the molecule is Cc1ccc(/C=C/S(=O)(=O)N2CC(Oc3nc4c(C)cccc4s3)C2)cc1. The zero-order valence-electron chi connectivity index (χ0n) is 15.1. The van der Waals surface area contributed by atoms with Crippen molar-refractivity contribution in [1.29, 1.82) is 0 Å². The number of hydrogen-bond donors (Lipinski definition) is 0. The molecule has 1 fully saturated rings. The number of benzene rings is 2. The van der Waals surface area contributed by atoms with Crippen LogP contribution >= 0.6 is 11.3 Å². The molecule has 27 heavy (non-hydrogen) atoms. The molecule has 4 rings (SSSR count). The molecular weight excluding hydrogens is 380 g/mol. The van der Waals surface area contributed by atoms with E-state index in [9.17, 15) is 8.42 Å². The second-order valence-corrected chi connectivity index (χ2v) is 9.53. The number of aryl methyl sites for hydroxylation is 2. The summed E-state index contributed by atoms with van der Waals surface area (Å²) >= 11 is 1.49. The molecule has 0 bridgehead atoms. The Morgan fingerprint density at radius 2 is 1.89 bits per heavy atom. The molecule has 1 aromatic heterocycles. The number of rotatable bonds is 5. The topological polar surface area (TPSA) is 59.5 Å². The number of para-hydroxylation sites is 1. The summed E-state index contributed by atoms with van der Waals surface area (Å²) in [5.74, 6) is 0. The van der Waals surface area contributed by atoms with Gasteiger partial charge in [0, 0.05) is 5.41 Å². The molecule has 0 N–H and O–H groups in total. The largest absolute Gasteiger partial charge is 0.464 e. The Bertz CT molecular complexity index is 1100. The number of fused-ring (bicyclic) bond motifs is 1. The number of ether oxygens (including phenoxy) is 1. The van der Waals surface area contributed by atoms with Crippen LogP contribution in [0.1, 0.15) is 16.7 Å². The molecule has 0 spiro atoms. The molecule has 0 atom stereocenters. The summed E-state index contributed by atoms with van der Waals surface area (Å²) < 4.78 is 33.2. The lowest BCUT2D eigenvalue weighted by molar-refractivity contribution is 0.0771. The summed E-state index contributed by atoms with van der Waals surface area (Å²) in [5, 5.41) is 1.85. The molecule has 0 radical (unpaired) electrons. The molecule has 2 heterocycles. The number of nitrogens with zero attached hydrogens (tertiary/aromatic N) is 2. The first-order chi connectivity index (χ1) is 12.9. The maximum absolute atomic E-state index is 12.4. The van der Waals surface area contributed by atoms with E-state index in [1.165, 1.54) is 21.1 Å². The second kappa shape index (κ2) is 7.07. The van der Waals surface area contributed by atoms with Gasteiger partial charge in [-0.25, -0.2) is 13.4 Å². The van der Waals surface area contributed by atoms with Crippen LogP contribution < -0.4 is 4.74 Å². The van der Waals surface area contributed by atoms with E-state index >= 15 is 0 Å². The van der Waals surface area contributed by atoms with Crippen molar-refractivity contribution in [2.45, 2.75) is 20.0 Å². The van der Waals surface area contributed by atoms with Crippen LogP contribution in [0, 0.1) is 13.8 Å². The van der Waals surface area contributed by atoms with Gasteiger partial charge in [-0.05, 0) is 37.1 Å². The first-order valence-corrected chi connectivity index (χ1v) is 11.0. The van der Waals surface area contributed by atoms with Crippen LogP contribution in [0.4, 0.5) is 0 Å². The smallest absolute Gasteiger partial charge is 0.274 e. The predicted molar refractivity (Wildman–Crippen MR) is 109 cm³/mol. The zero-order chi connectivity index (χ0) is 19.0. The third kappa shape index (κ3) is 3.90. The van der Waals surface area contributed by atoms with E-state index in [-0.39, 0.29) is 6.10 Å². The molecule has 1 aliphatic rings. The molecule has 3 aromatic rings. The van der Waals surface area contributed by atoms with E-state index in [1.807, 2.05) is 56.3 Å². The molecule has 1 saturated heterocycles. The van der Waals surface area contributed by atoms with Crippen molar-refractivity contribution in [3.8, 4) is 5.19 Å². The Morgan fingerprint density at radius 1 is 1.15 bits per heavy atom. The summed E-state index contributed by atoms with van der Waals surface area (Å²) in [6, 6.07) is 13.7. The summed E-state index contributed by atoms with van der Waals surface area (Å²) in [5.41, 5.74) is 4.06. The van der Waals surface area contributed by atoms with Crippen molar-refractivity contribution in [2.75, 3.05) is 13.1 Å². The number of thiazole rings is 1. The van der Waals surface area contributed by atoms with Gasteiger partial charge in [-0.15, -0.1) is 0 Å². The van der Waals surface area contributed by atoms with Gasteiger partial charge in [-0.1, -0.05) is 53.3 Å². The van der Waals surface area contributed by atoms with E-state index in [4.69, 9.17) is 4.74 Å². The van der Waals surface area contributed by atoms with Gasteiger partial charge in [0.1, 0.15) is 6.10 Å². The van der Waals surface area contributed by atoms with Crippen LogP contribution in [0.15, 0.2) is 47.9 Å². The highest BCUT2D eigenvalue weighted by Crippen LogP contribution is 2.31. The van der Waals surface area contributed by atoms with Gasteiger partial charge in [0.15, 0.2) is 0 Å². The van der Waals surface area contributed by atoms with Gasteiger partial charge >= 0.3 is 0 Å². The summed E-state index contributed by atoms with van der Waals surface area (Å²) in [7, 11) is -3.43. The Hall–Kier alpha value is -2.22. The molecule has 0 saturated carbocycles. The maximum Gasteiger partial charge on any atom is 0.274 e. The molecule has 0 unspecified atom stereocenters. The van der Waals surface area contributed by atoms with Crippen LogP contribution in [0.3, 0.4) is 0 Å². The lowest BCUT2D eigenvalue weighted by atomic mass is 10.2. The molecule has 5 nitrogen and oxygen atoms in total. The molecule has 0 aliphatic carbocycles. The third-order valence-corrected chi connectivity index (χ3v) is 6.96. The third-order valence-electron chi connectivity index (χ3n) is 4.55. The van der Waals surface area contributed by atoms with Crippen LogP contribution in [0.2, 0.25) is 0 Å². The minimum Gasteiger partial charge on any atom is -0.464 e. The Labute approximate surface area is 163 Å². The fourth-order valence-corrected chi connectivity index (χ4v) is 5.08. The van der Waals surface area contributed by atoms with E-state index in [1.54, 1.807) is 6.08 Å². The quantitative estimate of drug-likeness (QED) is 0.650. The monoisotopic (exact) mass is 400 g/mol. The van der Waals surface area contributed by atoms with Crippen LogP contribution in [0.25, 0.3) is 16.3 Å². The molecule has 140 valence electrons. The number of aromatic nitrogens is 1. The van der Waals surface area contributed by atoms with Gasteiger partial charge in [0.05, 0.1) is 23.3 Å². The minimum absolute atomic E-state index is 0.159. The van der Waals surface area contributed by atoms with Crippen molar-refractivity contribution in [2.24, 2.45) is 0 Å². The highest BCUT2D eigenvalue weighted by molar-refractivity contribution is 7.92. The van der Waals surface area contributed by atoms with Gasteiger partial charge in [-0.2, -0.15) is 4.31 Å². The highest BCUT2D eigenvalue weighted by Gasteiger charge is 2.36. The van der Waals surface area contributed by atoms with Crippen LogP contribution in [0.5, 0.6) is 5.19 Å². The van der Waals surface area contributed by atoms with Crippen LogP contribution in [-0.2, 0) is 10.0 Å². The maximum atomic E-state index is 12.4. The average molecular weight is 401 g/mol. The van der Waals surface area contributed by atoms with E-state index in [0.717, 1.165) is 26.9 Å². The highest BCUT2D eigenvalue weighted by atomic mass is 32.2. The van der Waals surface area contributed by atoms with Gasteiger partial charge in [-0.3, -0.25) is 0 Å². The van der Waals surface area contributed by atoms with Crippen molar-refractivity contribution in [1.82, 2.24) is 9.29 Å². The van der Waals surface area contributed by atoms with Gasteiger partial charge in [0.25, 0.3) is 5.19 Å². The zero-order valence-corrected chi connectivity index (χ0v) is 16.8. The summed E-state index contributed by atoms with van der Waals surface area (Å²) in [4.78, 5) is 4.52. The van der Waals surface area contributed by atoms with Crippen LogP contribution in [-0.4, -0.2) is 36.9 Å².